The molecule has 1 saturated heterocycles. The molecular weight excluding hydrogens is 450 g/mol. The maximum Gasteiger partial charge on any atom is 0.410 e. The topological polar surface area (TPSA) is 110 Å². The van der Waals surface area contributed by atoms with E-state index in [1.807, 2.05) is 33.8 Å². The zero-order chi connectivity index (χ0) is 24.5. The van der Waals surface area contributed by atoms with Crippen molar-refractivity contribution in [1.82, 2.24) is 14.9 Å². The number of nitrogens with one attached hydrogen (secondary N) is 1. The van der Waals surface area contributed by atoms with E-state index in [0.29, 0.717) is 30.8 Å². The number of carbonyl (C=O) groups is 2. The van der Waals surface area contributed by atoms with Crippen molar-refractivity contribution < 1.29 is 14.3 Å². The number of fused-ring (bicyclic) bond motifs is 1. The highest BCUT2D eigenvalue weighted by Gasteiger charge is 2.27. The van der Waals surface area contributed by atoms with Gasteiger partial charge in [0.25, 0.3) is 5.91 Å². The van der Waals surface area contributed by atoms with Crippen molar-refractivity contribution in [2.75, 3.05) is 18.4 Å². The predicted octanol–water partition coefficient (Wildman–Crippen LogP) is 4.50. The summed E-state index contributed by atoms with van der Waals surface area (Å²) in [6.07, 6.45) is 3.37. The molecule has 34 heavy (non-hydrogen) atoms. The number of piperidine rings is 1. The van der Waals surface area contributed by atoms with Crippen LogP contribution in [0.15, 0.2) is 30.5 Å². The van der Waals surface area contributed by atoms with Crippen LogP contribution in [0, 0.1) is 6.92 Å². The van der Waals surface area contributed by atoms with Crippen molar-refractivity contribution in [3.05, 3.63) is 52.3 Å². The Hall–Kier alpha value is -3.20. The van der Waals surface area contributed by atoms with Gasteiger partial charge in [0.15, 0.2) is 0 Å². The predicted molar refractivity (Wildman–Crippen MR) is 134 cm³/mol. The van der Waals surface area contributed by atoms with Crippen molar-refractivity contribution >= 4 is 39.2 Å². The van der Waals surface area contributed by atoms with Crippen LogP contribution in [-0.2, 0) is 11.2 Å². The molecule has 3 aromatic rings. The molecule has 0 aliphatic carbocycles. The van der Waals surface area contributed by atoms with Gasteiger partial charge in [-0.3, -0.25) is 9.78 Å². The Morgan fingerprint density at radius 3 is 2.65 bits per heavy atom. The summed E-state index contributed by atoms with van der Waals surface area (Å²) < 4.78 is 6.64. The molecule has 0 unspecified atom stereocenters. The van der Waals surface area contributed by atoms with Gasteiger partial charge >= 0.3 is 6.09 Å². The fourth-order valence-corrected chi connectivity index (χ4v) is 4.88. The van der Waals surface area contributed by atoms with Crippen LogP contribution in [0.4, 0.5) is 10.5 Å². The summed E-state index contributed by atoms with van der Waals surface area (Å²) in [5, 5.41) is 4.51. The van der Waals surface area contributed by atoms with Gasteiger partial charge in [-0.25, -0.2) is 9.78 Å². The summed E-state index contributed by atoms with van der Waals surface area (Å²) >= 11 is 1.68. The van der Waals surface area contributed by atoms with Crippen LogP contribution in [-0.4, -0.2) is 51.6 Å². The number of ether oxygens (including phenoxy) is 1. The van der Waals surface area contributed by atoms with Crippen LogP contribution in [0.2, 0.25) is 0 Å². The molecule has 0 spiro atoms. The van der Waals surface area contributed by atoms with Crippen molar-refractivity contribution in [3.63, 3.8) is 0 Å². The summed E-state index contributed by atoms with van der Waals surface area (Å²) in [4.78, 5) is 35.1. The molecule has 1 aliphatic rings. The number of nitrogens with two attached hydrogens (primary N) is 1. The van der Waals surface area contributed by atoms with Gasteiger partial charge in [0.1, 0.15) is 5.60 Å². The maximum atomic E-state index is 12.3. The molecule has 1 fully saturated rings. The zero-order valence-electron chi connectivity index (χ0n) is 20.1. The third kappa shape index (κ3) is 5.83. The number of aromatic nitrogens is 2. The Morgan fingerprint density at radius 1 is 1.24 bits per heavy atom. The molecule has 3 N–H and O–H groups in total. The number of hydrogen-bond donors (Lipinski definition) is 2. The quantitative estimate of drug-likeness (QED) is 0.555. The van der Waals surface area contributed by atoms with Gasteiger partial charge in [-0.1, -0.05) is 6.07 Å². The monoisotopic (exact) mass is 481 g/mol. The molecule has 0 radical (unpaired) electrons. The lowest BCUT2D eigenvalue weighted by Crippen LogP contribution is -2.44. The summed E-state index contributed by atoms with van der Waals surface area (Å²) in [5.74, 6) is -0.521. The van der Waals surface area contributed by atoms with Gasteiger partial charge < -0.3 is 20.7 Å². The second-order valence-corrected chi connectivity index (χ2v) is 10.9. The molecule has 180 valence electrons. The minimum atomic E-state index is -0.521. The van der Waals surface area contributed by atoms with Gasteiger partial charge in [0, 0.05) is 37.4 Å². The Kier molecular flexibility index (Phi) is 6.74. The van der Waals surface area contributed by atoms with Crippen molar-refractivity contribution in [2.24, 2.45) is 5.73 Å². The van der Waals surface area contributed by atoms with E-state index in [4.69, 9.17) is 10.5 Å². The largest absolute Gasteiger partial charge is 0.444 e. The third-order valence-electron chi connectivity index (χ3n) is 5.68. The second-order valence-electron chi connectivity index (χ2n) is 9.68. The highest BCUT2D eigenvalue weighted by atomic mass is 32.1. The first-order chi connectivity index (χ1) is 16.1. The van der Waals surface area contributed by atoms with Gasteiger partial charge in [-0.15, -0.1) is 11.3 Å². The van der Waals surface area contributed by atoms with Crippen LogP contribution >= 0.6 is 11.3 Å². The molecule has 3 heterocycles. The summed E-state index contributed by atoms with van der Waals surface area (Å²) in [7, 11) is 0. The number of nitrogens with zero attached hydrogens (tertiary/aromatic N) is 3. The lowest BCUT2D eigenvalue weighted by atomic mass is 10.0. The number of benzene rings is 1. The first kappa shape index (κ1) is 23.9. The van der Waals surface area contributed by atoms with Crippen LogP contribution in [0.25, 0.3) is 10.2 Å². The average molecular weight is 482 g/mol. The lowest BCUT2D eigenvalue weighted by Gasteiger charge is -2.34. The molecule has 4 rings (SSSR count). The number of primary amides is 1. The third-order valence-corrected chi connectivity index (χ3v) is 6.63. The second kappa shape index (κ2) is 9.58. The highest BCUT2D eigenvalue weighted by molar-refractivity contribution is 7.18. The minimum Gasteiger partial charge on any atom is -0.444 e. The number of carbonyl (C=O) groups excluding carboxylic acids is 2. The van der Waals surface area contributed by atoms with Gasteiger partial charge in [0.05, 0.1) is 26.5 Å². The van der Waals surface area contributed by atoms with Crippen molar-refractivity contribution in [2.45, 2.75) is 58.6 Å². The Balaban J connectivity index is 1.45. The molecular formula is C25H31N5O3S. The van der Waals surface area contributed by atoms with E-state index in [9.17, 15) is 9.59 Å². The zero-order valence-corrected chi connectivity index (χ0v) is 20.9. The molecule has 9 heteroatoms. The number of amides is 2. The van der Waals surface area contributed by atoms with E-state index in [2.05, 4.69) is 33.5 Å². The molecule has 0 bridgehead atoms. The highest BCUT2D eigenvalue weighted by Crippen LogP contribution is 2.25. The normalized spacial score (nSPS) is 14.9. The van der Waals surface area contributed by atoms with Gasteiger partial charge in [-0.2, -0.15) is 0 Å². The number of hydrogen-bond acceptors (Lipinski definition) is 7. The fraction of sp³-hybridized carbons (Fsp3) is 0.440. The first-order valence-electron chi connectivity index (χ1n) is 11.5. The summed E-state index contributed by atoms with van der Waals surface area (Å²) in [5.41, 5.74) is 9.07. The SMILES string of the molecule is Cc1nc2cc(Cc3cc(NC4CCN(C(=O)OC(C)(C)C)CC4)c(C(N)=O)cn3)ccc2s1. The van der Waals surface area contributed by atoms with Gasteiger partial charge in [0.2, 0.25) is 0 Å². The smallest absolute Gasteiger partial charge is 0.410 e. The molecule has 2 aromatic heterocycles. The minimum absolute atomic E-state index is 0.112. The molecule has 0 saturated carbocycles. The molecule has 1 aromatic carbocycles. The van der Waals surface area contributed by atoms with E-state index < -0.39 is 11.5 Å². The van der Waals surface area contributed by atoms with E-state index >= 15 is 0 Å². The molecule has 1 aliphatic heterocycles. The van der Waals surface area contributed by atoms with E-state index in [0.717, 1.165) is 34.6 Å². The number of pyridine rings is 1. The molecule has 0 atom stereocenters. The van der Waals surface area contributed by atoms with E-state index in [1.165, 1.54) is 4.70 Å². The number of aryl methyl sites for hydroxylation is 1. The number of thiazole rings is 1. The fourth-order valence-electron chi connectivity index (χ4n) is 4.07. The summed E-state index contributed by atoms with van der Waals surface area (Å²) in [6, 6.07) is 8.27. The van der Waals surface area contributed by atoms with Crippen molar-refractivity contribution in [3.8, 4) is 0 Å². The Morgan fingerprint density at radius 2 is 1.97 bits per heavy atom. The molecule has 2 amide bonds. The van der Waals surface area contributed by atoms with Crippen molar-refractivity contribution in [1.29, 1.82) is 0 Å². The lowest BCUT2D eigenvalue weighted by molar-refractivity contribution is 0.0210. The number of rotatable bonds is 5. The standard InChI is InChI=1S/C25H31N5O3S/c1-15-28-21-12-16(5-6-22(21)34-15)11-18-13-20(19(14-27-18)23(26)31)29-17-7-9-30(10-8-17)24(32)33-25(2,3)4/h5-6,12-14,17H,7-11H2,1-4H3,(H2,26,31)(H,27,29). The van der Waals surface area contributed by atoms with Crippen LogP contribution in [0.3, 0.4) is 0 Å². The average Bonchev–Trinajstić information content (AvgIpc) is 3.12. The van der Waals surface area contributed by atoms with Crippen LogP contribution in [0.5, 0.6) is 0 Å². The van der Waals surface area contributed by atoms with Crippen LogP contribution in [0.1, 0.15) is 60.2 Å². The number of likely N-dealkylation sites (tertiary alicyclic amines) is 1. The first-order valence-corrected chi connectivity index (χ1v) is 12.3. The number of anilines is 1. The Labute approximate surface area is 203 Å². The molecule has 8 nitrogen and oxygen atoms in total. The maximum absolute atomic E-state index is 12.3. The van der Waals surface area contributed by atoms with Crippen LogP contribution < -0.4 is 11.1 Å². The van der Waals surface area contributed by atoms with E-state index in [1.54, 1.807) is 22.4 Å². The van der Waals surface area contributed by atoms with Gasteiger partial charge in [-0.05, 0) is 64.3 Å². The van der Waals surface area contributed by atoms with E-state index in [-0.39, 0.29) is 12.1 Å². The Bertz CT molecular complexity index is 1210. The summed E-state index contributed by atoms with van der Waals surface area (Å²) in [6.45, 7) is 8.77.